The lowest BCUT2D eigenvalue weighted by Crippen LogP contribution is -2.40. The largest absolute Gasteiger partial charge is 0.481 e. The molecule has 0 spiro atoms. The van der Waals surface area contributed by atoms with Gasteiger partial charge in [0.05, 0.1) is 11.5 Å². The first-order valence-electron chi connectivity index (χ1n) is 11.6. The maximum Gasteiger partial charge on any atom is 0.306 e. The van der Waals surface area contributed by atoms with Crippen molar-refractivity contribution >= 4 is 11.8 Å². The van der Waals surface area contributed by atoms with Gasteiger partial charge in [-0.3, -0.25) is 9.59 Å². The Bertz CT molecular complexity index is 499. The van der Waals surface area contributed by atoms with Crippen LogP contribution in [-0.2, 0) is 9.59 Å². The van der Waals surface area contributed by atoms with Crippen LogP contribution in [-0.4, -0.2) is 27.6 Å². The summed E-state index contributed by atoms with van der Waals surface area (Å²) in [5, 5.41) is 20.4. The SMILES string of the molecule is CCCCCCCC(O)(CC)[C@H]1C=CC(=O)[C@@H]1CCCCCC(CC)C(=O)O. The topological polar surface area (TPSA) is 74.6 Å². The van der Waals surface area contributed by atoms with Gasteiger partial charge in [0.25, 0.3) is 0 Å². The number of carboxylic acids is 1. The fourth-order valence-corrected chi connectivity index (χ4v) is 4.56. The van der Waals surface area contributed by atoms with Gasteiger partial charge in [-0.25, -0.2) is 0 Å². The van der Waals surface area contributed by atoms with Gasteiger partial charge in [0.2, 0.25) is 0 Å². The third-order valence-electron chi connectivity index (χ3n) is 6.62. The van der Waals surface area contributed by atoms with E-state index in [1.165, 1.54) is 19.3 Å². The van der Waals surface area contributed by atoms with E-state index in [9.17, 15) is 14.7 Å². The van der Waals surface area contributed by atoms with E-state index in [2.05, 4.69) is 6.92 Å². The van der Waals surface area contributed by atoms with Gasteiger partial charge in [-0.15, -0.1) is 0 Å². The molecular weight excluding hydrogens is 352 g/mol. The molecule has 2 unspecified atom stereocenters. The minimum absolute atomic E-state index is 0.0708. The van der Waals surface area contributed by atoms with Crippen LogP contribution in [0.1, 0.15) is 104 Å². The molecule has 0 saturated heterocycles. The van der Waals surface area contributed by atoms with Crippen molar-refractivity contribution in [1.29, 1.82) is 0 Å². The molecule has 28 heavy (non-hydrogen) atoms. The van der Waals surface area contributed by atoms with Crippen LogP contribution >= 0.6 is 0 Å². The Morgan fingerprint density at radius 2 is 1.75 bits per heavy atom. The van der Waals surface area contributed by atoms with Crippen molar-refractivity contribution in [3.63, 3.8) is 0 Å². The first-order chi connectivity index (χ1) is 13.4. The molecule has 0 aromatic rings. The van der Waals surface area contributed by atoms with Gasteiger partial charge in [0.15, 0.2) is 5.78 Å². The van der Waals surface area contributed by atoms with Gasteiger partial charge in [0.1, 0.15) is 0 Å². The summed E-state index contributed by atoms with van der Waals surface area (Å²) in [5.74, 6) is -0.981. The monoisotopic (exact) mass is 394 g/mol. The molecular formula is C24H42O4. The number of ketones is 1. The highest BCUT2D eigenvalue weighted by Gasteiger charge is 2.42. The molecule has 0 aliphatic heterocycles. The van der Waals surface area contributed by atoms with Crippen LogP contribution in [0.4, 0.5) is 0 Å². The summed E-state index contributed by atoms with van der Waals surface area (Å²) in [6.45, 7) is 6.14. The van der Waals surface area contributed by atoms with E-state index in [-0.39, 0.29) is 23.5 Å². The molecule has 4 nitrogen and oxygen atoms in total. The fourth-order valence-electron chi connectivity index (χ4n) is 4.56. The zero-order chi connectivity index (χ0) is 21.0. The van der Waals surface area contributed by atoms with Crippen LogP contribution in [0.3, 0.4) is 0 Å². The van der Waals surface area contributed by atoms with Gasteiger partial charge in [0, 0.05) is 11.8 Å². The van der Waals surface area contributed by atoms with E-state index in [4.69, 9.17) is 5.11 Å². The highest BCUT2D eigenvalue weighted by atomic mass is 16.4. The molecule has 0 amide bonds. The standard InChI is InChI=1S/C24H42O4/c1-4-7-8-9-13-18-24(28,6-3)21-16-17-22(25)20(21)15-12-10-11-14-19(5-2)23(26)27/h16-17,19-21,28H,4-15,18H2,1-3H3,(H,26,27)/t19?,20-,21+,24?/m1/s1. The number of aliphatic carboxylic acids is 1. The number of rotatable bonds is 16. The second-order valence-electron chi connectivity index (χ2n) is 8.60. The Morgan fingerprint density at radius 3 is 2.36 bits per heavy atom. The predicted octanol–water partition coefficient (Wildman–Crippen LogP) is 5.92. The highest BCUT2D eigenvalue weighted by Crippen LogP contribution is 2.40. The van der Waals surface area contributed by atoms with E-state index >= 15 is 0 Å². The minimum Gasteiger partial charge on any atom is -0.481 e. The van der Waals surface area contributed by atoms with Crippen molar-refractivity contribution < 1.29 is 19.8 Å². The normalized spacial score (nSPS) is 22.4. The summed E-state index contributed by atoms with van der Waals surface area (Å²) in [5.41, 5.74) is -0.782. The van der Waals surface area contributed by atoms with Crippen LogP contribution in [0.5, 0.6) is 0 Å². The van der Waals surface area contributed by atoms with E-state index in [1.807, 2.05) is 19.9 Å². The molecule has 0 aromatic carbocycles. The number of carbonyl (C=O) groups is 2. The molecule has 2 N–H and O–H groups in total. The lowest BCUT2D eigenvalue weighted by Gasteiger charge is -2.36. The molecule has 0 bridgehead atoms. The molecule has 0 saturated carbocycles. The number of carbonyl (C=O) groups excluding carboxylic acids is 1. The van der Waals surface area contributed by atoms with Crippen LogP contribution in [0, 0.1) is 17.8 Å². The zero-order valence-electron chi connectivity index (χ0n) is 18.3. The first-order valence-corrected chi connectivity index (χ1v) is 11.6. The molecule has 0 heterocycles. The molecule has 0 aromatic heterocycles. The molecule has 162 valence electrons. The number of hydrogen-bond acceptors (Lipinski definition) is 3. The Kier molecular flexibility index (Phi) is 11.7. The number of carboxylic acid groups (broad SMARTS) is 1. The lowest BCUT2D eigenvalue weighted by molar-refractivity contribution is -0.142. The smallest absolute Gasteiger partial charge is 0.306 e. The average Bonchev–Trinajstić information content (AvgIpc) is 3.05. The summed E-state index contributed by atoms with van der Waals surface area (Å²) in [6, 6.07) is 0. The van der Waals surface area contributed by atoms with Gasteiger partial charge >= 0.3 is 5.97 Å². The van der Waals surface area contributed by atoms with Gasteiger partial charge in [-0.2, -0.15) is 0 Å². The maximum atomic E-state index is 12.4. The zero-order valence-corrected chi connectivity index (χ0v) is 18.3. The van der Waals surface area contributed by atoms with Gasteiger partial charge in [-0.1, -0.05) is 78.2 Å². The molecule has 0 radical (unpaired) electrons. The first kappa shape index (κ1) is 24.9. The second kappa shape index (κ2) is 13.1. The van der Waals surface area contributed by atoms with Crippen LogP contribution in [0.2, 0.25) is 0 Å². The fraction of sp³-hybridized carbons (Fsp3) is 0.833. The van der Waals surface area contributed by atoms with Crippen LogP contribution in [0.15, 0.2) is 12.2 Å². The lowest BCUT2D eigenvalue weighted by atomic mass is 9.73. The molecule has 1 aliphatic carbocycles. The number of allylic oxidation sites excluding steroid dienone is 1. The summed E-state index contributed by atoms with van der Waals surface area (Å²) in [7, 11) is 0. The molecule has 4 atom stereocenters. The Balaban J connectivity index is 2.48. The van der Waals surface area contributed by atoms with Crippen molar-refractivity contribution in [2.45, 2.75) is 110 Å². The van der Waals surface area contributed by atoms with Crippen molar-refractivity contribution in [3.05, 3.63) is 12.2 Å². The Labute approximate surface area is 171 Å². The quantitative estimate of drug-likeness (QED) is 0.319. The van der Waals surface area contributed by atoms with Gasteiger partial charge < -0.3 is 10.2 Å². The van der Waals surface area contributed by atoms with Crippen molar-refractivity contribution in [1.82, 2.24) is 0 Å². The summed E-state index contributed by atoms with van der Waals surface area (Å²) in [6.07, 6.45) is 15.8. The molecule has 0 fully saturated rings. The third kappa shape index (κ3) is 7.69. The number of hydrogen-bond donors (Lipinski definition) is 2. The molecule has 1 aliphatic rings. The van der Waals surface area contributed by atoms with Crippen LogP contribution < -0.4 is 0 Å². The van der Waals surface area contributed by atoms with Crippen molar-refractivity contribution in [3.8, 4) is 0 Å². The molecule has 4 heteroatoms. The van der Waals surface area contributed by atoms with E-state index in [0.29, 0.717) is 19.3 Å². The van der Waals surface area contributed by atoms with E-state index < -0.39 is 11.6 Å². The number of aliphatic hydroxyl groups is 1. The Hall–Kier alpha value is -1.16. The van der Waals surface area contributed by atoms with E-state index in [0.717, 1.165) is 44.9 Å². The summed E-state index contributed by atoms with van der Waals surface area (Å²) >= 11 is 0. The van der Waals surface area contributed by atoms with Gasteiger partial charge in [-0.05, 0) is 38.2 Å². The molecule has 1 rings (SSSR count). The summed E-state index contributed by atoms with van der Waals surface area (Å²) < 4.78 is 0. The minimum atomic E-state index is -0.782. The van der Waals surface area contributed by atoms with Crippen molar-refractivity contribution in [2.75, 3.05) is 0 Å². The third-order valence-corrected chi connectivity index (χ3v) is 6.62. The van der Waals surface area contributed by atoms with Crippen molar-refractivity contribution in [2.24, 2.45) is 17.8 Å². The predicted molar refractivity (Wildman–Crippen MR) is 114 cm³/mol. The Morgan fingerprint density at radius 1 is 1.07 bits per heavy atom. The van der Waals surface area contributed by atoms with E-state index in [1.54, 1.807) is 6.08 Å². The summed E-state index contributed by atoms with van der Waals surface area (Å²) in [4.78, 5) is 23.5. The maximum absolute atomic E-state index is 12.4. The average molecular weight is 395 g/mol. The number of unbranched alkanes of at least 4 members (excludes halogenated alkanes) is 6. The highest BCUT2D eigenvalue weighted by molar-refractivity contribution is 5.94. The van der Waals surface area contributed by atoms with Crippen LogP contribution in [0.25, 0.3) is 0 Å². The second-order valence-corrected chi connectivity index (χ2v) is 8.60.